The van der Waals surface area contributed by atoms with Gasteiger partial charge in [-0.25, -0.2) is 0 Å². The lowest BCUT2D eigenvalue weighted by Crippen LogP contribution is -2.37. The van der Waals surface area contributed by atoms with E-state index in [1.807, 2.05) is 12.1 Å². The molecule has 118 valence electrons. The molecule has 1 aromatic rings. The number of piperidine rings is 1. The van der Waals surface area contributed by atoms with Gasteiger partial charge in [-0.1, -0.05) is 31.9 Å². The maximum Gasteiger partial charge on any atom is 0.227 e. The van der Waals surface area contributed by atoms with E-state index in [1.54, 1.807) is 0 Å². The highest BCUT2D eigenvalue weighted by Crippen LogP contribution is 2.30. The number of carbonyl (C=O) groups is 2. The van der Waals surface area contributed by atoms with Gasteiger partial charge in [-0.05, 0) is 36.5 Å². The molecule has 22 heavy (non-hydrogen) atoms. The fraction of sp³-hybridized carbons (Fsp3) is 0.556. The van der Waals surface area contributed by atoms with Crippen molar-refractivity contribution in [1.29, 1.82) is 0 Å². The van der Waals surface area contributed by atoms with Crippen LogP contribution in [0.15, 0.2) is 24.3 Å². The molecule has 0 aromatic heterocycles. The Bertz CT molecular complexity index is 554. The Morgan fingerprint density at radius 1 is 1.14 bits per heavy atom. The van der Waals surface area contributed by atoms with Crippen molar-refractivity contribution in [3.8, 4) is 0 Å². The summed E-state index contributed by atoms with van der Waals surface area (Å²) in [5.74, 6) is 0.462. The highest BCUT2D eigenvalue weighted by Gasteiger charge is 2.26. The van der Waals surface area contributed by atoms with Crippen molar-refractivity contribution in [3.05, 3.63) is 29.8 Å². The normalized spacial score (nSPS) is 26.6. The average molecular weight is 300 g/mol. The first-order valence-electron chi connectivity index (χ1n) is 8.29. The number of benzene rings is 1. The van der Waals surface area contributed by atoms with E-state index in [1.165, 1.54) is 25.7 Å². The van der Waals surface area contributed by atoms with Crippen molar-refractivity contribution in [2.45, 2.75) is 57.4 Å². The zero-order valence-electron chi connectivity index (χ0n) is 13.1. The highest BCUT2D eigenvalue weighted by atomic mass is 16.2. The summed E-state index contributed by atoms with van der Waals surface area (Å²) in [6, 6.07) is 8.76. The van der Waals surface area contributed by atoms with Crippen LogP contribution in [0.4, 0.5) is 5.69 Å². The maximum absolute atomic E-state index is 11.5. The molecule has 1 aromatic carbocycles. The fourth-order valence-corrected chi connectivity index (χ4v) is 3.70. The Kier molecular flexibility index (Phi) is 4.46. The molecule has 3 rings (SSSR count). The van der Waals surface area contributed by atoms with Crippen LogP contribution in [-0.4, -0.2) is 17.9 Å². The third-order valence-electron chi connectivity index (χ3n) is 4.81. The predicted molar refractivity (Wildman–Crippen MR) is 86.6 cm³/mol. The van der Waals surface area contributed by atoms with Crippen molar-refractivity contribution in [2.24, 2.45) is 5.92 Å². The molecule has 2 N–H and O–H groups in total. The number of hydrogen-bond acceptors (Lipinski definition) is 3. The van der Waals surface area contributed by atoms with Gasteiger partial charge in [-0.2, -0.15) is 0 Å². The number of hydrogen-bond donors (Lipinski definition) is 2. The largest absolute Gasteiger partial charge is 0.382 e. The number of imide groups is 1. The maximum atomic E-state index is 11.5. The summed E-state index contributed by atoms with van der Waals surface area (Å²) < 4.78 is 0. The Balaban J connectivity index is 1.69. The van der Waals surface area contributed by atoms with Gasteiger partial charge in [0.1, 0.15) is 0 Å². The molecule has 1 saturated heterocycles. The van der Waals surface area contributed by atoms with Crippen LogP contribution in [0.5, 0.6) is 0 Å². The summed E-state index contributed by atoms with van der Waals surface area (Å²) in [6.45, 7) is 2.32. The lowest BCUT2D eigenvalue weighted by molar-refractivity contribution is -0.133. The number of nitrogens with one attached hydrogen (secondary N) is 2. The molecule has 4 heteroatoms. The highest BCUT2D eigenvalue weighted by molar-refractivity contribution is 5.98. The van der Waals surface area contributed by atoms with Crippen LogP contribution in [0.1, 0.15) is 56.9 Å². The van der Waals surface area contributed by atoms with Gasteiger partial charge in [0.25, 0.3) is 0 Å². The van der Waals surface area contributed by atoms with Gasteiger partial charge in [0.05, 0.1) is 0 Å². The number of rotatable bonds is 3. The van der Waals surface area contributed by atoms with E-state index in [2.05, 4.69) is 29.7 Å². The van der Waals surface area contributed by atoms with Crippen LogP contribution in [-0.2, 0) is 9.59 Å². The van der Waals surface area contributed by atoms with E-state index in [4.69, 9.17) is 0 Å². The fourth-order valence-electron chi connectivity index (χ4n) is 3.70. The Morgan fingerprint density at radius 2 is 1.91 bits per heavy atom. The lowest BCUT2D eigenvalue weighted by Gasteiger charge is -2.29. The second-order valence-electron chi connectivity index (χ2n) is 6.82. The quantitative estimate of drug-likeness (QED) is 0.843. The Hall–Kier alpha value is -1.84. The van der Waals surface area contributed by atoms with Gasteiger partial charge in [0, 0.05) is 30.5 Å². The molecule has 2 unspecified atom stereocenters. The van der Waals surface area contributed by atoms with E-state index in [9.17, 15) is 9.59 Å². The molecule has 1 heterocycles. The van der Waals surface area contributed by atoms with Crippen LogP contribution < -0.4 is 10.6 Å². The van der Waals surface area contributed by atoms with E-state index in [-0.39, 0.29) is 17.7 Å². The van der Waals surface area contributed by atoms with E-state index >= 15 is 0 Å². The summed E-state index contributed by atoms with van der Waals surface area (Å²) in [5, 5.41) is 6.00. The molecule has 4 nitrogen and oxygen atoms in total. The summed E-state index contributed by atoms with van der Waals surface area (Å²) in [7, 11) is 0. The van der Waals surface area contributed by atoms with Crippen molar-refractivity contribution in [3.63, 3.8) is 0 Å². The van der Waals surface area contributed by atoms with Crippen LogP contribution in [0.25, 0.3) is 0 Å². The molecule has 2 amide bonds. The van der Waals surface area contributed by atoms with Gasteiger partial charge in [-0.15, -0.1) is 0 Å². The summed E-state index contributed by atoms with van der Waals surface area (Å²) in [5.41, 5.74) is 2.19. The van der Waals surface area contributed by atoms with Crippen LogP contribution in [0.3, 0.4) is 0 Å². The Labute approximate surface area is 131 Å². The lowest BCUT2D eigenvalue weighted by atomic mass is 9.86. The van der Waals surface area contributed by atoms with Crippen LogP contribution in [0, 0.1) is 5.92 Å². The van der Waals surface area contributed by atoms with E-state index in [0.717, 1.165) is 17.2 Å². The first-order valence-corrected chi connectivity index (χ1v) is 8.29. The summed E-state index contributed by atoms with van der Waals surface area (Å²) >= 11 is 0. The molecule has 0 bridgehead atoms. The van der Waals surface area contributed by atoms with Crippen molar-refractivity contribution in [2.75, 3.05) is 5.32 Å². The number of amides is 2. The standard InChI is InChI=1S/C18H24N2O2/c1-12-4-2-6-15(8-12)19-16-7-3-5-13(9-16)14-10-17(21)20-18(22)11-14/h3,5,7,9,12,14-15,19H,2,4,6,8,10-11H2,1H3,(H,20,21,22). The topological polar surface area (TPSA) is 58.2 Å². The molecule has 1 saturated carbocycles. The molecular formula is C18H24N2O2. The molecule has 0 spiro atoms. The monoisotopic (exact) mass is 300 g/mol. The van der Waals surface area contributed by atoms with Crippen molar-refractivity contribution >= 4 is 17.5 Å². The third-order valence-corrected chi connectivity index (χ3v) is 4.81. The molecule has 2 fully saturated rings. The molecule has 2 atom stereocenters. The minimum Gasteiger partial charge on any atom is -0.382 e. The zero-order valence-corrected chi connectivity index (χ0v) is 13.1. The van der Waals surface area contributed by atoms with Crippen LogP contribution in [0.2, 0.25) is 0 Å². The molecule has 2 aliphatic rings. The minimum absolute atomic E-state index is 0.00767. The molecule has 1 aliphatic heterocycles. The first kappa shape index (κ1) is 15.1. The molecular weight excluding hydrogens is 276 g/mol. The summed E-state index contributed by atoms with van der Waals surface area (Å²) in [6.07, 6.45) is 5.85. The van der Waals surface area contributed by atoms with Gasteiger partial charge in [0.2, 0.25) is 11.8 Å². The molecule has 0 radical (unpaired) electrons. The predicted octanol–water partition coefficient (Wildman–Crippen LogP) is 3.20. The van der Waals surface area contributed by atoms with Gasteiger partial charge < -0.3 is 5.32 Å². The number of anilines is 1. The Morgan fingerprint density at radius 3 is 2.64 bits per heavy atom. The van der Waals surface area contributed by atoms with Gasteiger partial charge in [-0.3, -0.25) is 14.9 Å². The second kappa shape index (κ2) is 6.51. The van der Waals surface area contributed by atoms with Crippen molar-refractivity contribution < 1.29 is 9.59 Å². The van der Waals surface area contributed by atoms with E-state index < -0.39 is 0 Å². The number of carbonyl (C=O) groups excluding carboxylic acids is 2. The van der Waals surface area contributed by atoms with Crippen LogP contribution >= 0.6 is 0 Å². The van der Waals surface area contributed by atoms with Gasteiger partial charge in [0.15, 0.2) is 0 Å². The first-order chi connectivity index (χ1) is 10.6. The smallest absolute Gasteiger partial charge is 0.227 e. The van der Waals surface area contributed by atoms with E-state index in [0.29, 0.717) is 18.9 Å². The van der Waals surface area contributed by atoms with Gasteiger partial charge >= 0.3 is 0 Å². The minimum atomic E-state index is -0.166. The summed E-state index contributed by atoms with van der Waals surface area (Å²) in [4.78, 5) is 23.1. The zero-order chi connectivity index (χ0) is 15.5. The van der Waals surface area contributed by atoms with Crippen molar-refractivity contribution in [1.82, 2.24) is 5.32 Å². The second-order valence-corrected chi connectivity index (χ2v) is 6.82. The average Bonchev–Trinajstić information content (AvgIpc) is 2.46. The third kappa shape index (κ3) is 3.67. The SMILES string of the molecule is CC1CCCC(Nc2cccc(C3CC(=O)NC(=O)C3)c2)C1. The molecule has 1 aliphatic carbocycles.